The molecule has 174 valence electrons. The molecule has 2 heterocycles. The summed E-state index contributed by atoms with van der Waals surface area (Å²) in [4.78, 5) is 4.67. The number of aryl methyl sites for hydroxylation is 1. The number of aromatic nitrogens is 2. The predicted molar refractivity (Wildman–Crippen MR) is 139 cm³/mol. The highest BCUT2D eigenvalue weighted by Gasteiger charge is 2.32. The van der Waals surface area contributed by atoms with Crippen molar-refractivity contribution >= 4 is 41.4 Å². The number of nitrogens with one attached hydrogen (secondary N) is 2. The molecule has 35 heavy (non-hydrogen) atoms. The Balaban J connectivity index is 1.54. The minimum Gasteiger partial charge on any atom is -0.508 e. The van der Waals surface area contributed by atoms with E-state index in [1.165, 1.54) is 0 Å². The van der Waals surface area contributed by atoms with Crippen LogP contribution in [0.15, 0.2) is 77.4 Å². The third-order valence-electron chi connectivity index (χ3n) is 6.22. The lowest BCUT2D eigenvalue weighted by Gasteiger charge is -2.26. The number of hydrogen-bond donors (Lipinski definition) is 4. The predicted octanol–water partition coefficient (Wildman–Crippen LogP) is 4.65. The second-order valence-electron chi connectivity index (χ2n) is 8.97. The van der Waals surface area contributed by atoms with E-state index in [1.807, 2.05) is 31.2 Å². The molecule has 2 atom stereocenters. The number of allylic oxidation sites excluding steroid dienone is 4. The molecule has 0 amide bonds. The van der Waals surface area contributed by atoms with Crippen molar-refractivity contribution in [3.63, 3.8) is 0 Å². The van der Waals surface area contributed by atoms with Gasteiger partial charge in [-0.3, -0.25) is 0 Å². The number of fused-ring (bicyclic) bond motifs is 1. The van der Waals surface area contributed by atoms with Crippen LogP contribution in [0.1, 0.15) is 36.6 Å². The number of phenolic OH excluding ortho intramolecular Hbond substituents is 1. The molecule has 0 spiro atoms. The Morgan fingerprint density at radius 2 is 2.00 bits per heavy atom. The van der Waals surface area contributed by atoms with Crippen LogP contribution in [0.4, 0.5) is 17.2 Å². The van der Waals surface area contributed by atoms with Crippen LogP contribution < -0.4 is 16.1 Å². The Labute approximate surface area is 204 Å². The number of benzene rings is 2. The van der Waals surface area contributed by atoms with Gasteiger partial charge in [-0.15, -0.1) is 0 Å². The molecule has 0 saturated heterocycles. The fraction of sp³-hybridized carbons (Fsp3) is 0.185. The molecule has 0 saturated carbocycles. The van der Waals surface area contributed by atoms with Gasteiger partial charge in [0.25, 0.3) is 0 Å². The highest BCUT2D eigenvalue weighted by molar-refractivity contribution is 6.33. The van der Waals surface area contributed by atoms with E-state index in [-0.39, 0.29) is 11.2 Å². The monoisotopic (exact) mass is 464 g/mol. The number of anilines is 3. The van der Waals surface area contributed by atoms with Crippen LogP contribution in [0.5, 0.6) is 5.75 Å². The van der Waals surface area contributed by atoms with Crippen LogP contribution in [0.3, 0.4) is 0 Å². The number of hydrogen-bond acceptors (Lipinski definition) is 7. The summed E-state index contributed by atoms with van der Waals surface area (Å²) in [6.07, 6.45) is 7.84. The van der Waals surface area contributed by atoms with Crippen molar-refractivity contribution in [1.29, 1.82) is 0 Å². The standard InChI is InChI=1S/C27H25BN4O3/c1-16-24(25(32-35-16)27(2)11-4-3-5-12-27)31-26(34)21-15-23(29-18-7-6-8-19(33)14-18)30-22-10-9-17(28)13-20(21)22/h3-11,13-15,26,31,33-34H,12H2,1-2H3,(H,29,30). The van der Waals surface area contributed by atoms with Crippen molar-refractivity contribution in [3.8, 4) is 5.75 Å². The van der Waals surface area contributed by atoms with Crippen LogP contribution in [0.2, 0.25) is 0 Å². The molecule has 0 aliphatic heterocycles. The van der Waals surface area contributed by atoms with Crippen molar-refractivity contribution < 1.29 is 14.7 Å². The van der Waals surface area contributed by atoms with Crippen molar-refractivity contribution in [1.82, 2.24) is 10.1 Å². The number of nitrogens with zero attached hydrogens (tertiary/aromatic N) is 2. The van der Waals surface area contributed by atoms with Gasteiger partial charge in [0.1, 0.15) is 30.8 Å². The van der Waals surface area contributed by atoms with Crippen molar-refractivity contribution in [2.45, 2.75) is 31.9 Å². The van der Waals surface area contributed by atoms with Gasteiger partial charge >= 0.3 is 0 Å². The van der Waals surface area contributed by atoms with Gasteiger partial charge in [0.05, 0.1) is 5.52 Å². The maximum Gasteiger partial charge on any atom is 0.157 e. The van der Waals surface area contributed by atoms with Gasteiger partial charge in [0.15, 0.2) is 12.0 Å². The van der Waals surface area contributed by atoms with Crippen LogP contribution in [0.25, 0.3) is 10.9 Å². The molecular weight excluding hydrogens is 439 g/mol. The first-order valence-electron chi connectivity index (χ1n) is 11.3. The van der Waals surface area contributed by atoms with Gasteiger partial charge in [-0.25, -0.2) is 4.98 Å². The minimum atomic E-state index is -1.10. The van der Waals surface area contributed by atoms with Gasteiger partial charge in [-0.2, -0.15) is 0 Å². The summed E-state index contributed by atoms with van der Waals surface area (Å²) in [5, 5.41) is 32.7. The first kappa shape index (κ1) is 22.7. The summed E-state index contributed by atoms with van der Waals surface area (Å²) in [6, 6.07) is 13.9. The van der Waals surface area contributed by atoms with E-state index < -0.39 is 6.23 Å². The van der Waals surface area contributed by atoms with Crippen molar-refractivity contribution in [2.24, 2.45) is 0 Å². The maximum absolute atomic E-state index is 11.4. The Bertz CT molecular complexity index is 1460. The molecule has 2 unspecified atom stereocenters. The largest absolute Gasteiger partial charge is 0.508 e. The smallest absolute Gasteiger partial charge is 0.157 e. The average molecular weight is 464 g/mol. The molecule has 2 radical (unpaired) electrons. The van der Waals surface area contributed by atoms with Crippen molar-refractivity contribution in [3.05, 3.63) is 89.9 Å². The number of rotatable bonds is 6. The summed E-state index contributed by atoms with van der Waals surface area (Å²) >= 11 is 0. The number of phenols is 1. The van der Waals surface area contributed by atoms with E-state index in [0.717, 1.165) is 12.1 Å². The topological polar surface area (TPSA) is 103 Å². The number of aliphatic hydroxyl groups excluding tert-OH is 1. The molecule has 0 fully saturated rings. The van der Waals surface area contributed by atoms with E-state index >= 15 is 0 Å². The molecule has 0 bridgehead atoms. The molecule has 8 heteroatoms. The lowest BCUT2D eigenvalue weighted by molar-refractivity contribution is 0.209. The zero-order valence-electron chi connectivity index (χ0n) is 19.5. The van der Waals surface area contributed by atoms with Gasteiger partial charge in [0, 0.05) is 28.1 Å². The van der Waals surface area contributed by atoms with Crippen LogP contribution in [-0.2, 0) is 5.41 Å². The van der Waals surface area contributed by atoms with Gasteiger partial charge in [0.2, 0.25) is 0 Å². The van der Waals surface area contributed by atoms with E-state index in [9.17, 15) is 10.2 Å². The first-order valence-corrected chi connectivity index (χ1v) is 11.3. The first-order chi connectivity index (χ1) is 16.8. The Hall–Kier alpha value is -4.04. The third-order valence-corrected chi connectivity index (χ3v) is 6.22. The Morgan fingerprint density at radius 1 is 1.14 bits per heavy atom. The van der Waals surface area contributed by atoms with E-state index in [1.54, 1.807) is 36.4 Å². The third kappa shape index (κ3) is 4.52. The minimum absolute atomic E-state index is 0.140. The van der Waals surface area contributed by atoms with Crippen LogP contribution >= 0.6 is 0 Å². The second kappa shape index (κ2) is 8.96. The van der Waals surface area contributed by atoms with E-state index in [4.69, 9.17) is 12.4 Å². The Kier molecular flexibility index (Phi) is 5.82. The van der Waals surface area contributed by atoms with E-state index in [2.05, 4.69) is 39.8 Å². The summed E-state index contributed by atoms with van der Waals surface area (Å²) in [5.74, 6) is 1.23. The fourth-order valence-corrected chi connectivity index (χ4v) is 4.34. The fourth-order valence-electron chi connectivity index (χ4n) is 4.34. The summed E-state index contributed by atoms with van der Waals surface area (Å²) < 4.78 is 5.52. The van der Waals surface area contributed by atoms with Crippen LogP contribution in [-0.4, -0.2) is 28.2 Å². The zero-order valence-corrected chi connectivity index (χ0v) is 19.5. The number of pyridine rings is 1. The molecule has 4 aromatic rings. The van der Waals surface area contributed by atoms with Gasteiger partial charge in [-0.05, 0) is 44.5 Å². The molecule has 2 aromatic heterocycles. The maximum atomic E-state index is 11.4. The molecule has 1 aliphatic carbocycles. The lowest BCUT2D eigenvalue weighted by Crippen LogP contribution is -2.23. The quantitative estimate of drug-likeness (QED) is 0.243. The molecule has 7 nitrogen and oxygen atoms in total. The Morgan fingerprint density at radius 3 is 2.77 bits per heavy atom. The zero-order chi connectivity index (χ0) is 24.6. The van der Waals surface area contributed by atoms with Crippen molar-refractivity contribution in [2.75, 3.05) is 10.6 Å². The van der Waals surface area contributed by atoms with Gasteiger partial charge in [-0.1, -0.05) is 53.1 Å². The molecule has 4 N–H and O–H groups in total. The lowest BCUT2D eigenvalue weighted by atomic mass is 9.80. The number of aromatic hydroxyl groups is 1. The van der Waals surface area contributed by atoms with Crippen LogP contribution in [0, 0.1) is 6.92 Å². The van der Waals surface area contributed by atoms with Gasteiger partial charge < -0.3 is 25.4 Å². The average Bonchev–Trinajstić information content (AvgIpc) is 3.20. The summed E-state index contributed by atoms with van der Waals surface area (Å²) in [7, 11) is 6.06. The SMILES string of the molecule is [B]c1ccc2nc(Nc3cccc(O)c3)cc(C(O)Nc3c(C4(C)C=CC=CC4)noc3C)c2c1. The highest BCUT2D eigenvalue weighted by Crippen LogP contribution is 2.39. The molecule has 5 rings (SSSR count). The molecule has 1 aliphatic rings. The summed E-state index contributed by atoms with van der Waals surface area (Å²) in [6.45, 7) is 3.90. The molecular formula is C27H25BN4O3. The summed E-state index contributed by atoms with van der Waals surface area (Å²) in [5.41, 5.74) is 3.50. The van der Waals surface area contributed by atoms with E-state index in [0.29, 0.717) is 44.9 Å². The highest BCUT2D eigenvalue weighted by atomic mass is 16.5. The normalized spacial score (nSPS) is 18.0. The molecule has 2 aromatic carbocycles. The number of aliphatic hydroxyl groups is 1. The second-order valence-corrected chi connectivity index (χ2v) is 8.97.